The lowest BCUT2D eigenvalue weighted by atomic mass is 9.48. The summed E-state index contributed by atoms with van der Waals surface area (Å²) in [6, 6.07) is 0. The first-order valence-corrected chi connectivity index (χ1v) is 10.6. The van der Waals surface area contributed by atoms with Gasteiger partial charge in [-0.15, -0.1) is 0 Å². The second-order valence-corrected chi connectivity index (χ2v) is 10.8. The number of aliphatic hydroxyl groups is 4. The van der Waals surface area contributed by atoms with Gasteiger partial charge in [0.25, 0.3) is 0 Å². The molecule has 0 aromatic heterocycles. The summed E-state index contributed by atoms with van der Waals surface area (Å²) in [5, 5.41) is 41.3. The van der Waals surface area contributed by atoms with Crippen LogP contribution in [0.1, 0.15) is 46.0 Å². The van der Waals surface area contributed by atoms with Crippen molar-refractivity contribution in [1.29, 1.82) is 0 Å². The molecule has 5 heteroatoms. The predicted molar refractivity (Wildman–Crippen MR) is 99.2 cm³/mol. The minimum atomic E-state index is -0.401. The van der Waals surface area contributed by atoms with Crippen LogP contribution in [0.15, 0.2) is 11.6 Å². The summed E-state index contributed by atoms with van der Waals surface area (Å²) in [6.45, 7) is 4.64. The van der Waals surface area contributed by atoms with E-state index in [4.69, 9.17) is 0 Å². The summed E-state index contributed by atoms with van der Waals surface area (Å²) in [4.78, 5) is 0.0177. The van der Waals surface area contributed by atoms with Crippen molar-refractivity contribution >= 4 is 15.9 Å². The van der Waals surface area contributed by atoms with Crippen LogP contribution in [-0.2, 0) is 0 Å². The monoisotopic (exact) mass is 414 g/mol. The first-order chi connectivity index (χ1) is 11.7. The van der Waals surface area contributed by atoms with Gasteiger partial charge in [0.15, 0.2) is 0 Å². The standard InChI is InChI=1S/C20H31BrO4/c1-18(17(21)9-22)4-3-12-11(6-18)14(24)5-16-19(12,2)8-15(25)13-7-20(13,16)10-23/h3,11,13-17,22-25H,4-10H2,1-2H3/t11-,13+,14-,15-,16+,17+,18+,19+,20-/m1/s1. The van der Waals surface area contributed by atoms with Gasteiger partial charge in [0, 0.05) is 22.8 Å². The molecule has 25 heavy (non-hydrogen) atoms. The number of hydrogen-bond acceptors (Lipinski definition) is 4. The third kappa shape index (κ3) is 2.39. The first kappa shape index (κ1) is 18.4. The van der Waals surface area contributed by atoms with E-state index in [9.17, 15) is 20.4 Å². The number of rotatable bonds is 3. The molecule has 0 spiro atoms. The molecule has 0 aromatic rings. The van der Waals surface area contributed by atoms with Gasteiger partial charge >= 0.3 is 0 Å². The van der Waals surface area contributed by atoms with Crippen LogP contribution in [0.3, 0.4) is 0 Å². The number of fused-ring (bicyclic) bond motifs is 5. The molecule has 0 heterocycles. The molecule has 0 aromatic carbocycles. The van der Waals surface area contributed by atoms with Gasteiger partial charge in [-0.1, -0.05) is 41.4 Å². The third-order valence-corrected chi connectivity index (χ3v) is 9.82. The zero-order chi connectivity index (χ0) is 18.2. The van der Waals surface area contributed by atoms with Gasteiger partial charge in [0.1, 0.15) is 0 Å². The Morgan fingerprint density at radius 2 is 1.88 bits per heavy atom. The number of hydrogen-bond donors (Lipinski definition) is 4. The Morgan fingerprint density at radius 3 is 2.52 bits per heavy atom. The van der Waals surface area contributed by atoms with Crippen LogP contribution in [0.2, 0.25) is 0 Å². The van der Waals surface area contributed by atoms with E-state index in [1.807, 2.05) is 0 Å². The van der Waals surface area contributed by atoms with E-state index >= 15 is 0 Å². The normalized spacial score (nSPS) is 55.5. The molecular weight excluding hydrogens is 384 g/mol. The van der Waals surface area contributed by atoms with E-state index in [0.717, 1.165) is 25.7 Å². The summed E-state index contributed by atoms with van der Waals surface area (Å²) in [6.07, 6.45) is 5.61. The molecule has 4 nitrogen and oxygen atoms in total. The average Bonchev–Trinajstić information content (AvgIpc) is 3.33. The molecule has 0 radical (unpaired) electrons. The molecule has 3 fully saturated rings. The van der Waals surface area contributed by atoms with Crippen LogP contribution in [0.5, 0.6) is 0 Å². The minimum absolute atomic E-state index is 0.0177. The molecule has 4 rings (SSSR count). The summed E-state index contributed by atoms with van der Waals surface area (Å²) in [7, 11) is 0. The fraction of sp³-hybridized carbons (Fsp3) is 0.900. The minimum Gasteiger partial charge on any atom is -0.396 e. The van der Waals surface area contributed by atoms with Gasteiger partial charge in [-0.3, -0.25) is 0 Å². The van der Waals surface area contributed by atoms with E-state index in [-0.39, 0.29) is 58.1 Å². The Balaban J connectivity index is 1.72. The zero-order valence-corrected chi connectivity index (χ0v) is 16.7. The van der Waals surface area contributed by atoms with Crippen LogP contribution >= 0.6 is 15.9 Å². The number of alkyl halides is 1. The molecule has 0 bridgehead atoms. The number of halogens is 1. The summed E-state index contributed by atoms with van der Waals surface area (Å²) >= 11 is 3.62. The Labute approximate surface area is 158 Å². The van der Waals surface area contributed by atoms with Crippen molar-refractivity contribution in [2.75, 3.05) is 13.2 Å². The molecule has 4 aliphatic rings. The van der Waals surface area contributed by atoms with Crippen molar-refractivity contribution in [3.8, 4) is 0 Å². The average molecular weight is 415 g/mol. The smallest absolute Gasteiger partial charge is 0.0609 e. The van der Waals surface area contributed by atoms with E-state index < -0.39 is 6.10 Å². The van der Waals surface area contributed by atoms with Gasteiger partial charge < -0.3 is 20.4 Å². The van der Waals surface area contributed by atoms with Gasteiger partial charge in [0.05, 0.1) is 18.8 Å². The molecule has 0 saturated heterocycles. The van der Waals surface area contributed by atoms with E-state index in [1.54, 1.807) is 0 Å². The zero-order valence-electron chi connectivity index (χ0n) is 15.2. The molecule has 0 unspecified atom stereocenters. The molecule has 0 aliphatic heterocycles. The Hall–Kier alpha value is 0.0600. The van der Waals surface area contributed by atoms with Crippen molar-refractivity contribution in [1.82, 2.24) is 0 Å². The molecule has 4 N–H and O–H groups in total. The lowest BCUT2D eigenvalue weighted by Gasteiger charge is -2.58. The fourth-order valence-electron chi connectivity index (χ4n) is 6.80. The lowest BCUT2D eigenvalue weighted by Crippen LogP contribution is -2.55. The van der Waals surface area contributed by atoms with Crippen molar-refractivity contribution < 1.29 is 20.4 Å². The molecule has 0 amide bonds. The molecule has 3 saturated carbocycles. The van der Waals surface area contributed by atoms with Gasteiger partial charge in [0.2, 0.25) is 0 Å². The van der Waals surface area contributed by atoms with E-state index in [2.05, 4.69) is 35.9 Å². The number of aliphatic hydroxyl groups excluding tert-OH is 4. The van der Waals surface area contributed by atoms with Crippen molar-refractivity contribution in [2.45, 2.75) is 63.0 Å². The van der Waals surface area contributed by atoms with E-state index in [1.165, 1.54) is 5.57 Å². The van der Waals surface area contributed by atoms with E-state index in [0.29, 0.717) is 6.42 Å². The van der Waals surface area contributed by atoms with Crippen LogP contribution < -0.4 is 0 Å². The lowest BCUT2D eigenvalue weighted by molar-refractivity contribution is -0.0947. The Morgan fingerprint density at radius 1 is 1.16 bits per heavy atom. The van der Waals surface area contributed by atoms with Crippen LogP contribution in [0.25, 0.3) is 0 Å². The molecule has 9 atom stereocenters. The fourth-order valence-corrected chi connectivity index (χ4v) is 7.18. The third-order valence-electron chi connectivity index (χ3n) is 8.42. The van der Waals surface area contributed by atoms with Crippen molar-refractivity contribution in [2.24, 2.45) is 34.0 Å². The number of allylic oxidation sites excluding steroid dienone is 1. The molecule has 142 valence electrons. The highest BCUT2D eigenvalue weighted by Gasteiger charge is 2.71. The second kappa shape index (κ2) is 5.78. The topological polar surface area (TPSA) is 80.9 Å². The van der Waals surface area contributed by atoms with Crippen molar-refractivity contribution in [3.63, 3.8) is 0 Å². The van der Waals surface area contributed by atoms with Crippen molar-refractivity contribution in [3.05, 3.63) is 11.6 Å². The van der Waals surface area contributed by atoms with Gasteiger partial charge in [-0.05, 0) is 54.8 Å². The molecular formula is C20H31BrO4. The van der Waals surface area contributed by atoms with Crippen LogP contribution in [-0.4, -0.2) is 50.7 Å². The second-order valence-electron chi connectivity index (χ2n) is 9.72. The Kier molecular flexibility index (Phi) is 4.26. The highest BCUT2D eigenvalue weighted by atomic mass is 79.9. The first-order valence-electron chi connectivity index (χ1n) is 9.64. The molecule has 4 aliphatic carbocycles. The highest BCUT2D eigenvalue weighted by Crippen LogP contribution is 2.73. The highest BCUT2D eigenvalue weighted by molar-refractivity contribution is 9.09. The predicted octanol–water partition coefficient (Wildman–Crippen LogP) is 2.24. The summed E-state index contributed by atoms with van der Waals surface area (Å²) in [5.74, 6) is 0.540. The van der Waals surface area contributed by atoms with Crippen LogP contribution in [0.4, 0.5) is 0 Å². The maximum atomic E-state index is 11.0. The van der Waals surface area contributed by atoms with Gasteiger partial charge in [-0.25, -0.2) is 0 Å². The maximum Gasteiger partial charge on any atom is 0.0609 e. The maximum absolute atomic E-state index is 11.0. The van der Waals surface area contributed by atoms with Crippen LogP contribution in [0, 0.1) is 34.0 Å². The summed E-state index contributed by atoms with van der Waals surface area (Å²) < 4.78 is 0. The van der Waals surface area contributed by atoms with Gasteiger partial charge in [-0.2, -0.15) is 0 Å². The SMILES string of the molecule is C[C@]1([C@@H](Br)CO)CC=C2[C@@H](C1)[C@H](O)C[C@@H]1[C@@]3(CO)C[C@H]3[C@H](O)C[C@@]21C. The summed E-state index contributed by atoms with van der Waals surface area (Å²) in [5.41, 5.74) is 0.894. The Bertz CT molecular complexity index is 594. The largest absolute Gasteiger partial charge is 0.396 e. The quantitative estimate of drug-likeness (QED) is 0.421.